The molecule has 3 atom stereocenters. The molecule has 27 heavy (non-hydrogen) atoms. The monoisotopic (exact) mass is 368 g/mol. The van der Waals surface area contributed by atoms with Crippen molar-refractivity contribution in [1.29, 1.82) is 0 Å². The number of rotatable bonds is 9. The third kappa shape index (κ3) is 7.26. The maximum Gasteiger partial charge on any atom is 0.338 e. The molecular weight excluding hydrogens is 340 g/mol. The number of hydrogen-bond acceptors (Lipinski definition) is 4. The van der Waals surface area contributed by atoms with Crippen LogP contribution in [0.5, 0.6) is 0 Å². The van der Waals surface area contributed by atoms with E-state index >= 15 is 0 Å². The van der Waals surface area contributed by atoms with Gasteiger partial charge in [0.05, 0.1) is 23.3 Å². The third-order valence-corrected chi connectivity index (χ3v) is 4.44. The molecule has 0 radical (unpaired) electrons. The van der Waals surface area contributed by atoms with Crippen molar-refractivity contribution in [1.82, 2.24) is 0 Å². The van der Waals surface area contributed by atoms with Crippen molar-refractivity contribution in [3.63, 3.8) is 0 Å². The van der Waals surface area contributed by atoms with Crippen LogP contribution < -0.4 is 0 Å². The van der Waals surface area contributed by atoms with Crippen LogP contribution >= 0.6 is 0 Å². The second kappa shape index (κ2) is 10.5. The minimum atomic E-state index is -0.291. The molecule has 0 aliphatic carbocycles. The fourth-order valence-electron chi connectivity index (χ4n) is 2.96. The lowest BCUT2D eigenvalue weighted by Gasteiger charge is -2.20. The lowest BCUT2D eigenvalue weighted by Crippen LogP contribution is -2.19. The van der Waals surface area contributed by atoms with E-state index in [0.717, 1.165) is 19.3 Å². The molecule has 3 unspecified atom stereocenters. The van der Waals surface area contributed by atoms with E-state index in [0.29, 0.717) is 17.0 Å². The molecule has 0 aliphatic heterocycles. The van der Waals surface area contributed by atoms with Crippen LogP contribution in [0.1, 0.15) is 60.7 Å². The highest BCUT2D eigenvalue weighted by atomic mass is 16.5. The lowest BCUT2D eigenvalue weighted by molar-refractivity contribution is 0.0245. The molecule has 0 fully saturated rings. The summed E-state index contributed by atoms with van der Waals surface area (Å²) in [5, 5.41) is 0. The Labute approximate surface area is 161 Å². The Morgan fingerprint density at radius 1 is 0.704 bits per heavy atom. The van der Waals surface area contributed by atoms with E-state index in [2.05, 4.69) is 6.92 Å². The molecule has 0 saturated carbocycles. The van der Waals surface area contributed by atoms with Crippen LogP contribution in [0.4, 0.5) is 0 Å². The molecule has 0 aromatic heterocycles. The van der Waals surface area contributed by atoms with Crippen LogP contribution in [0.15, 0.2) is 60.7 Å². The second-order valence-electron chi connectivity index (χ2n) is 7.08. The molecule has 2 rings (SSSR count). The smallest absolute Gasteiger partial charge is 0.338 e. The first kappa shape index (κ1) is 20.7. The third-order valence-electron chi connectivity index (χ3n) is 4.44. The molecule has 2 aromatic rings. The van der Waals surface area contributed by atoms with E-state index in [1.807, 2.05) is 50.2 Å². The normalized spacial score (nSPS) is 14.0. The van der Waals surface area contributed by atoms with Crippen molar-refractivity contribution in [3.8, 4) is 0 Å². The molecule has 0 saturated heterocycles. The average Bonchev–Trinajstić information content (AvgIpc) is 2.67. The summed E-state index contributed by atoms with van der Waals surface area (Å²) in [6.07, 6.45) is 2.14. The summed E-state index contributed by atoms with van der Waals surface area (Å²) in [4.78, 5) is 24.1. The van der Waals surface area contributed by atoms with Crippen LogP contribution in [-0.4, -0.2) is 24.1 Å². The van der Waals surface area contributed by atoms with Gasteiger partial charge in [-0.3, -0.25) is 0 Å². The van der Waals surface area contributed by atoms with Crippen molar-refractivity contribution in [2.24, 2.45) is 5.92 Å². The van der Waals surface area contributed by atoms with Gasteiger partial charge in [0.15, 0.2) is 0 Å². The van der Waals surface area contributed by atoms with Gasteiger partial charge in [-0.2, -0.15) is 0 Å². The van der Waals surface area contributed by atoms with Gasteiger partial charge in [-0.15, -0.1) is 0 Å². The molecule has 0 amide bonds. The Kier molecular flexibility index (Phi) is 8.05. The molecule has 0 spiro atoms. The Balaban J connectivity index is 1.69. The molecule has 0 heterocycles. The summed E-state index contributed by atoms with van der Waals surface area (Å²) in [5.74, 6) is -0.220. The molecule has 144 valence electrons. The predicted octanol–water partition coefficient (Wildman–Crippen LogP) is 5.28. The van der Waals surface area contributed by atoms with Crippen molar-refractivity contribution in [2.75, 3.05) is 0 Å². The number of esters is 2. The maximum atomic E-state index is 12.1. The second-order valence-corrected chi connectivity index (χ2v) is 7.08. The SMILES string of the molecule is CC(CCC(C)OC(=O)c1ccccc1)CC(C)OC(=O)c1ccccc1. The zero-order chi connectivity index (χ0) is 19.6. The van der Waals surface area contributed by atoms with Crippen molar-refractivity contribution in [3.05, 3.63) is 71.8 Å². The van der Waals surface area contributed by atoms with Gasteiger partial charge in [0.2, 0.25) is 0 Å². The average molecular weight is 368 g/mol. The Morgan fingerprint density at radius 3 is 1.63 bits per heavy atom. The summed E-state index contributed by atoms with van der Waals surface area (Å²) in [6.45, 7) is 5.95. The predicted molar refractivity (Wildman–Crippen MR) is 106 cm³/mol. The molecule has 0 bridgehead atoms. The number of carbonyl (C=O) groups is 2. The number of ether oxygens (including phenoxy) is 2. The zero-order valence-corrected chi connectivity index (χ0v) is 16.3. The fraction of sp³-hybridized carbons (Fsp3) is 0.391. The van der Waals surface area contributed by atoms with Gasteiger partial charge in [0.1, 0.15) is 0 Å². The number of benzene rings is 2. The highest BCUT2D eigenvalue weighted by molar-refractivity contribution is 5.89. The van der Waals surface area contributed by atoms with E-state index in [1.54, 1.807) is 24.3 Å². The molecule has 0 aliphatic rings. The maximum absolute atomic E-state index is 12.1. The van der Waals surface area contributed by atoms with E-state index in [-0.39, 0.29) is 24.1 Å². The first-order valence-corrected chi connectivity index (χ1v) is 9.47. The molecule has 2 aromatic carbocycles. The molecule has 4 nitrogen and oxygen atoms in total. The Morgan fingerprint density at radius 2 is 1.15 bits per heavy atom. The highest BCUT2D eigenvalue weighted by Gasteiger charge is 2.17. The summed E-state index contributed by atoms with van der Waals surface area (Å²) in [7, 11) is 0. The number of carbonyl (C=O) groups excluding carboxylic acids is 2. The van der Waals surface area contributed by atoms with Crippen LogP contribution in [0, 0.1) is 5.92 Å². The Bertz CT molecular complexity index is 712. The standard InChI is InChI=1S/C23H28O4/c1-17(16-19(3)27-23(25)21-12-8-5-9-13-21)14-15-18(2)26-22(24)20-10-6-4-7-11-20/h4-13,17-19H,14-16H2,1-3H3. The van der Waals surface area contributed by atoms with E-state index in [4.69, 9.17) is 9.47 Å². The summed E-state index contributed by atoms with van der Waals surface area (Å²) < 4.78 is 11.0. The van der Waals surface area contributed by atoms with Crippen molar-refractivity contribution in [2.45, 2.75) is 52.2 Å². The van der Waals surface area contributed by atoms with E-state index in [1.165, 1.54) is 0 Å². The van der Waals surface area contributed by atoms with Crippen LogP contribution in [0.3, 0.4) is 0 Å². The first-order chi connectivity index (χ1) is 13.0. The van der Waals surface area contributed by atoms with E-state index < -0.39 is 0 Å². The topological polar surface area (TPSA) is 52.6 Å². The summed E-state index contributed by atoms with van der Waals surface area (Å²) >= 11 is 0. The van der Waals surface area contributed by atoms with Crippen LogP contribution in [0.25, 0.3) is 0 Å². The summed E-state index contributed by atoms with van der Waals surface area (Å²) in [5.41, 5.74) is 1.14. The van der Waals surface area contributed by atoms with Gasteiger partial charge >= 0.3 is 11.9 Å². The fourth-order valence-corrected chi connectivity index (χ4v) is 2.96. The van der Waals surface area contributed by atoms with Crippen molar-refractivity contribution < 1.29 is 19.1 Å². The first-order valence-electron chi connectivity index (χ1n) is 9.47. The van der Waals surface area contributed by atoms with Crippen LogP contribution in [-0.2, 0) is 9.47 Å². The lowest BCUT2D eigenvalue weighted by atomic mass is 9.97. The quantitative estimate of drug-likeness (QED) is 0.565. The molecule has 0 N–H and O–H groups in total. The summed E-state index contributed by atoms with van der Waals surface area (Å²) in [6, 6.07) is 18.0. The molecular formula is C23H28O4. The van der Waals surface area contributed by atoms with Gasteiger partial charge < -0.3 is 9.47 Å². The van der Waals surface area contributed by atoms with Gasteiger partial charge in [-0.1, -0.05) is 43.3 Å². The highest BCUT2D eigenvalue weighted by Crippen LogP contribution is 2.18. The Hall–Kier alpha value is -2.62. The number of hydrogen-bond donors (Lipinski definition) is 0. The zero-order valence-electron chi connectivity index (χ0n) is 16.3. The molecule has 4 heteroatoms. The van der Waals surface area contributed by atoms with Gasteiger partial charge in [0, 0.05) is 0 Å². The van der Waals surface area contributed by atoms with Gasteiger partial charge in [-0.05, 0) is 63.3 Å². The van der Waals surface area contributed by atoms with Gasteiger partial charge in [-0.25, -0.2) is 9.59 Å². The minimum Gasteiger partial charge on any atom is -0.459 e. The largest absolute Gasteiger partial charge is 0.459 e. The van der Waals surface area contributed by atoms with Crippen LogP contribution in [0.2, 0.25) is 0 Å². The minimum absolute atomic E-state index is 0.151. The van der Waals surface area contributed by atoms with Gasteiger partial charge in [0.25, 0.3) is 0 Å². The van der Waals surface area contributed by atoms with E-state index in [9.17, 15) is 9.59 Å². The van der Waals surface area contributed by atoms with Crippen molar-refractivity contribution >= 4 is 11.9 Å².